The van der Waals surface area contributed by atoms with Crippen LogP contribution in [-0.4, -0.2) is 11.6 Å². The summed E-state index contributed by atoms with van der Waals surface area (Å²) >= 11 is 1.91. The van der Waals surface area contributed by atoms with Crippen LogP contribution >= 0.6 is 11.8 Å². The van der Waals surface area contributed by atoms with Crippen molar-refractivity contribution in [2.45, 2.75) is 25.5 Å². The molecule has 0 saturated heterocycles. The molecule has 0 bridgehead atoms. The largest absolute Gasteiger partial charge is 0.278 e. The molecule has 1 aromatic carbocycles. The number of hydrogen-bond donors (Lipinski definition) is 0. The van der Waals surface area contributed by atoms with Gasteiger partial charge in [-0.2, -0.15) is 0 Å². The van der Waals surface area contributed by atoms with Crippen LogP contribution < -0.4 is 0 Å². The fraction of sp³-hybridized carbons (Fsp3) is 0.417. The number of rotatable bonds is 2. The lowest BCUT2D eigenvalue weighted by atomic mass is 10.0. The SMILES string of the molecule is CCN=C1SC(CC)c2ccccc21. The molecule has 0 amide bonds. The monoisotopic (exact) mass is 205 g/mol. The van der Waals surface area contributed by atoms with Crippen LogP contribution in [0, 0.1) is 0 Å². The molecule has 1 aliphatic rings. The fourth-order valence-corrected chi connectivity index (χ4v) is 3.09. The first-order valence-corrected chi connectivity index (χ1v) is 6.05. The molecular formula is C12H15NS. The van der Waals surface area contributed by atoms with Gasteiger partial charge >= 0.3 is 0 Å². The van der Waals surface area contributed by atoms with Crippen molar-refractivity contribution in [2.24, 2.45) is 4.99 Å². The lowest BCUT2D eigenvalue weighted by Crippen LogP contribution is -1.91. The molecule has 0 aliphatic carbocycles. The van der Waals surface area contributed by atoms with Crippen molar-refractivity contribution in [3.05, 3.63) is 35.4 Å². The maximum atomic E-state index is 4.54. The number of nitrogens with zero attached hydrogens (tertiary/aromatic N) is 1. The molecule has 1 heterocycles. The Balaban J connectivity index is 2.43. The third-order valence-corrected chi connectivity index (χ3v) is 3.91. The van der Waals surface area contributed by atoms with Crippen molar-refractivity contribution < 1.29 is 0 Å². The van der Waals surface area contributed by atoms with E-state index in [2.05, 4.69) is 43.1 Å². The Morgan fingerprint density at radius 3 is 2.79 bits per heavy atom. The first kappa shape index (κ1) is 9.78. The van der Waals surface area contributed by atoms with Gasteiger partial charge in [-0.25, -0.2) is 0 Å². The third-order valence-electron chi connectivity index (χ3n) is 2.46. The summed E-state index contributed by atoms with van der Waals surface area (Å²) in [6.07, 6.45) is 1.18. The minimum atomic E-state index is 0.622. The minimum absolute atomic E-state index is 0.622. The Hall–Kier alpha value is -0.760. The summed E-state index contributed by atoms with van der Waals surface area (Å²) in [4.78, 5) is 4.54. The molecule has 0 N–H and O–H groups in total. The summed E-state index contributed by atoms with van der Waals surface area (Å²) in [6.45, 7) is 5.21. The van der Waals surface area contributed by atoms with Gasteiger partial charge in [0.25, 0.3) is 0 Å². The third kappa shape index (κ3) is 1.59. The Labute approximate surface area is 89.6 Å². The molecule has 1 unspecified atom stereocenters. The maximum absolute atomic E-state index is 4.54. The molecule has 2 rings (SSSR count). The van der Waals surface area contributed by atoms with E-state index in [1.165, 1.54) is 22.6 Å². The Morgan fingerprint density at radius 1 is 1.29 bits per heavy atom. The van der Waals surface area contributed by atoms with Crippen LogP contribution in [0.15, 0.2) is 29.3 Å². The second kappa shape index (κ2) is 4.18. The second-order valence-corrected chi connectivity index (χ2v) is 4.57. The Kier molecular flexibility index (Phi) is 2.92. The standard InChI is InChI=1S/C12H15NS/c1-3-11-9-7-5-6-8-10(9)12(14-11)13-4-2/h5-8,11H,3-4H2,1-2H3. The highest BCUT2D eigenvalue weighted by atomic mass is 32.2. The van der Waals surface area contributed by atoms with E-state index in [9.17, 15) is 0 Å². The highest BCUT2D eigenvalue weighted by molar-refractivity contribution is 8.15. The minimum Gasteiger partial charge on any atom is -0.278 e. The van der Waals surface area contributed by atoms with Gasteiger partial charge in [-0.1, -0.05) is 43.0 Å². The molecule has 0 saturated carbocycles. The molecule has 2 heteroatoms. The van der Waals surface area contributed by atoms with Gasteiger partial charge in [0, 0.05) is 17.4 Å². The molecule has 0 radical (unpaired) electrons. The van der Waals surface area contributed by atoms with Gasteiger partial charge in [0.15, 0.2) is 0 Å². The molecule has 1 aliphatic heterocycles. The van der Waals surface area contributed by atoms with E-state index in [-0.39, 0.29) is 0 Å². The van der Waals surface area contributed by atoms with Gasteiger partial charge < -0.3 is 0 Å². The Morgan fingerprint density at radius 2 is 2.07 bits per heavy atom. The average Bonchev–Trinajstić information content (AvgIpc) is 2.58. The van der Waals surface area contributed by atoms with Crippen molar-refractivity contribution in [2.75, 3.05) is 6.54 Å². The highest BCUT2D eigenvalue weighted by Crippen LogP contribution is 2.43. The van der Waals surface area contributed by atoms with E-state index < -0.39 is 0 Å². The topological polar surface area (TPSA) is 12.4 Å². The number of fused-ring (bicyclic) bond motifs is 1. The van der Waals surface area contributed by atoms with E-state index >= 15 is 0 Å². The van der Waals surface area contributed by atoms with Gasteiger partial charge in [-0.3, -0.25) is 4.99 Å². The summed E-state index contributed by atoms with van der Waals surface area (Å²) in [6, 6.07) is 8.64. The van der Waals surface area contributed by atoms with E-state index in [0.717, 1.165) is 6.54 Å². The predicted octanol–water partition coefficient (Wildman–Crippen LogP) is 3.65. The molecule has 0 fully saturated rings. The zero-order valence-electron chi connectivity index (χ0n) is 8.66. The number of aliphatic imine (C=N–C) groups is 1. The van der Waals surface area contributed by atoms with Crippen LogP contribution in [0.3, 0.4) is 0 Å². The molecule has 14 heavy (non-hydrogen) atoms. The lowest BCUT2D eigenvalue weighted by Gasteiger charge is -2.04. The first-order valence-electron chi connectivity index (χ1n) is 5.17. The van der Waals surface area contributed by atoms with Gasteiger partial charge in [0.2, 0.25) is 0 Å². The Bertz CT molecular complexity index is 357. The van der Waals surface area contributed by atoms with Crippen LogP contribution in [0.1, 0.15) is 36.6 Å². The summed E-state index contributed by atoms with van der Waals surface area (Å²) < 4.78 is 0. The van der Waals surface area contributed by atoms with Crippen molar-refractivity contribution in [1.29, 1.82) is 0 Å². The summed E-state index contributed by atoms with van der Waals surface area (Å²) in [5.41, 5.74) is 2.82. The molecule has 74 valence electrons. The molecule has 0 spiro atoms. The summed E-state index contributed by atoms with van der Waals surface area (Å²) in [7, 11) is 0. The molecule has 1 aromatic rings. The van der Waals surface area contributed by atoms with Crippen molar-refractivity contribution in [3.63, 3.8) is 0 Å². The molecular weight excluding hydrogens is 190 g/mol. The second-order valence-electron chi connectivity index (χ2n) is 3.38. The number of thioether (sulfide) groups is 1. The molecule has 1 nitrogen and oxygen atoms in total. The van der Waals surface area contributed by atoms with Crippen LogP contribution in [-0.2, 0) is 0 Å². The fourth-order valence-electron chi connectivity index (χ4n) is 1.80. The van der Waals surface area contributed by atoms with Gasteiger partial charge in [0.1, 0.15) is 0 Å². The van der Waals surface area contributed by atoms with Crippen LogP contribution in [0.2, 0.25) is 0 Å². The lowest BCUT2D eigenvalue weighted by molar-refractivity contribution is 0.904. The smallest absolute Gasteiger partial charge is 0.0985 e. The highest BCUT2D eigenvalue weighted by Gasteiger charge is 2.26. The van der Waals surface area contributed by atoms with Gasteiger partial charge in [0.05, 0.1) is 5.04 Å². The summed E-state index contributed by atoms with van der Waals surface area (Å²) in [5, 5.41) is 1.85. The summed E-state index contributed by atoms with van der Waals surface area (Å²) in [5.74, 6) is 0. The van der Waals surface area contributed by atoms with Gasteiger partial charge in [-0.05, 0) is 18.9 Å². The van der Waals surface area contributed by atoms with E-state index in [1.807, 2.05) is 11.8 Å². The predicted molar refractivity (Wildman–Crippen MR) is 64.1 cm³/mol. The zero-order chi connectivity index (χ0) is 9.97. The zero-order valence-corrected chi connectivity index (χ0v) is 9.47. The normalized spacial score (nSPS) is 22.7. The van der Waals surface area contributed by atoms with Crippen LogP contribution in [0.4, 0.5) is 0 Å². The molecule has 1 atom stereocenters. The average molecular weight is 205 g/mol. The van der Waals surface area contributed by atoms with Crippen molar-refractivity contribution in [3.8, 4) is 0 Å². The quantitative estimate of drug-likeness (QED) is 0.718. The van der Waals surface area contributed by atoms with Crippen LogP contribution in [0.5, 0.6) is 0 Å². The number of benzene rings is 1. The van der Waals surface area contributed by atoms with Crippen molar-refractivity contribution >= 4 is 16.8 Å². The van der Waals surface area contributed by atoms with Crippen LogP contribution in [0.25, 0.3) is 0 Å². The molecule has 0 aromatic heterocycles. The van der Waals surface area contributed by atoms with Crippen molar-refractivity contribution in [1.82, 2.24) is 0 Å². The van der Waals surface area contributed by atoms with E-state index in [4.69, 9.17) is 0 Å². The van der Waals surface area contributed by atoms with E-state index in [0.29, 0.717) is 5.25 Å². The van der Waals surface area contributed by atoms with Gasteiger partial charge in [-0.15, -0.1) is 0 Å². The number of hydrogen-bond acceptors (Lipinski definition) is 2. The van der Waals surface area contributed by atoms with E-state index in [1.54, 1.807) is 0 Å². The first-order chi connectivity index (χ1) is 6.86. The maximum Gasteiger partial charge on any atom is 0.0985 e.